The number of hydrogen-bond acceptors (Lipinski definition) is 3. The molecular formula is C10H12N2O2. The molecule has 74 valence electrons. The monoisotopic (exact) mass is 192 g/mol. The summed E-state index contributed by atoms with van der Waals surface area (Å²) >= 11 is 0. The SMILES string of the molecule is CO/N=C(\C)C(=O)Nc1ccccc1. The van der Waals surface area contributed by atoms with E-state index in [9.17, 15) is 4.79 Å². The third kappa shape index (κ3) is 2.90. The van der Waals surface area contributed by atoms with Gasteiger partial charge in [-0.15, -0.1) is 0 Å². The quantitative estimate of drug-likeness (QED) is 0.584. The van der Waals surface area contributed by atoms with Crippen molar-refractivity contribution < 1.29 is 9.63 Å². The highest BCUT2D eigenvalue weighted by Gasteiger charge is 2.05. The number of carbonyl (C=O) groups is 1. The third-order valence-corrected chi connectivity index (χ3v) is 1.59. The van der Waals surface area contributed by atoms with Gasteiger partial charge in [-0.25, -0.2) is 0 Å². The molecule has 0 aliphatic rings. The second-order valence-electron chi connectivity index (χ2n) is 2.68. The second-order valence-corrected chi connectivity index (χ2v) is 2.68. The predicted molar refractivity (Wildman–Crippen MR) is 55.2 cm³/mol. The Balaban J connectivity index is 2.62. The van der Waals surface area contributed by atoms with E-state index in [-0.39, 0.29) is 11.6 Å². The molecule has 0 aliphatic carbocycles. The van der Waals surface area contributed by atoms with E-state index in [1.807, 2.05) is 18.2 Å². The summed E-state index contributed by atoms with van der Waals surface area (Å²) in [6.45, 7) is 1.59. The molecule has 1 rings (SSSR count). The van der Waals surface area contributed by atoms with Crippen molar-refractivity contribution in [2.24, 2.45) is 5.16 Å². The van der Waals surface area contributed by atoms with Crippen LogP contribution >= 0.6 is 0 Å². The van der Waals surface area contributed by atoms with Crippen molar-refractivity contribution in [3.63, 3.8) is 0 Å². The average Bonchev–Trinajstić information content (AvgIpc) is 2.19. The van der Waals surface area contributed by atoms with Crippen molar-refractivity contribution in [1.82, 2.24) is 0 Å². The van der Waals surface area contributed by atoms with E-state index in [4.69, 9.17) is 0 Å². The van der Waals surface area contributed by atoms with Crippen molar-refractivity contribution in [2.45, 2.75) is 6.92 Å². The van der Waals surface area contributed by atoms with Crippen LogP contribution in [0.15, 0.2) is 35.5 Å². The molecule has 0 saturated heterocycles. The molecule has 14 heavy (non-hydrogen) atoms. The molecule has 1 N–H and O–H groups in total. The Morgan fingerprint density at radius 3 is 2.57 bits per heavy atom. The number of benzene rings is 1. The van der Waals surface area contributed by atoms with Crippen LogP contribution in [-0.4, -0.2) is 18.7 Å². The fraction of sp³-hybridized carbons (Fsp3) is 0.200. The van der Waals surface area contributed by atoms with Crippen molar-refractivity contribution >= 4 is 17.3 Å². The lowest BCUT2D eigenvalue weighted by Crippen LogP contribution is -2.20. The molecule has 1 amide bonds. The zero-order valence-electron chi connectivity index (χ0n) is 8.15. The van der Waals surface area contributed by atoms with Gasteiger partial charge in [-0.05, 0) is 19.1 Å². The van der Waals surface area contributed by atoms with Crippen LogP contribution in [-0.2, 0) is 9.63 Å². The Morgan fingerprint density at radius 1 is 1.36 bits per heavy atom. The minimum atomic E-state index is -0.266. The summed E-state index contributed by atoms with van der Waals surface area (Å²) in [5.74, 6) is -0.266. The first-order chi connectivity index (χ1) is 6.74. The standard InChI is InChI=1S/C10H12N2O2/c1-8(12-14-2)10(13)11-9-6-4-3-5-7-9/h3-7H,1-2H3,(H,11,13)/b12-8+. The maximum absolute atomic E-state index is 11.4. The number of nitrogens with zero attached hydrogens (tertiary/aromatic N) is 1. The first-order valence-electron chi connectivity index (χ1n) is 4.18. The topological polar surface area (TPSA) is 50.7 Å². The van der Waals surface area contributed by atoms with Gasteiger partial charge in [-0.2, -0.15) is 0 Å². The molecule has 0 atom stereocenters. The van der Waals surface area contributed by atoms with E-state index in [0.717, 1.165) is 5.69 Å². The summed E-state index contributed by atoms with van der Waals surface area (Å²) in [6, 6.07) is 9.18. The van der Waals surface area contributed by atoms with E-state index in [0.29, 0.717) is 0 Å². The third-order valence-electron chi connectivity index (χ3n) is 1.59. The van der Waals surface area contributed by atoms with Gasteiger partial charge >= 0.3 is 0 Å². The molecule has 0 fully saturated rings. The van der Waals surface area contributed by atoms with E-state index in [1.165, 1.54) is 7.11 Å². The summed E-state index contributed by atoms with van der Waals surface area (Å²) < 4.78 is 0. The largest absolute Gasteiger partial charge is 0.399 e. The normalized spacial score (nSPS) is 10.9. The van der Waals surface area contributed by atoms with Crippen molar-refractivity contribution in [3.8, 4) is 0 Å². The van der Waals surface area contributed by atoms with E-state index >= 15 is 0 Å². The first kappa shape index (κ1) is 10.2. The summed E-state index contributed by atoms with van der Waals surface area (Å²) in [5.41, 5.74) is 1.03. The van der Waals surface area contributed by atoms with Crippen molar-refractivity contribution in [1.29, 1.82) is 0 Å². The highest BCUT2D eigenvalue weighted by atomic mass is 16.6. The van der Waals surface area contributed by atoms with E-state index < -0.39 is 0 Å². The Kier molecular flexibility index (Phi) is 3.67. The Hall–Kier alpha value is -1.84. The fourth-order valence-corrected chi connectivity index (χ4v) is 0.921. The molecule has 0 radical (unpaired) electrons. The first-order valence-corrected chi connectivity index (χ1v) is 4.18. The Bertz CT molecular complexity index is 333. The number of carbonyl (C=O) groups excluding carboxylic acids is 1. The van der Waals surface area contributed by atoms with Gasteiger partial charge in [-0.1, -0.05) is 23.4 Å². The molecule has 0 heterocycles. The number of rotatable bonds is 3. The van der Waals surface area contributed by atoms with Gasteiger partial charge in [0.15, 0.2) is 0 Å². The number of para-hydroxylation sites is 1. The minimum Gasteiger partial charge on any atom is -0.399 e. The highest BCUT2D eigenvalue weighted by Crippen LogP contribution is 2.04. The molecule has 4 heteroatoms. The van der Waals surface area contributed by atoms with Gasteiger partial charge < -0.3 is 10.2 Å². The molecule has 1 aromatic carbocycles. The van der Waals surface area contributed by atoms with Crippen LogP contribution in [0.1, 0.15) is 6.92 Å². The maximum atomic E-state index is 11.4. The van der Waals surface area contributed by atoms with Crippen molar-refractivity contribution in [3.05, 3.63) is 30.3 Å². The predicted octanol–water partition coefficient (Wildman–Crippen LogP) is 1.65. The van der Waals surface area contributed by atoms with Crippen LogP contribution in [0.2, 0.25) is 0 Å². The molecular weight excluding hydrogens is 180 g/mol. The van der Waals surface area contributed by atoms with Crippen LogP contribution in [0.25, 0.3) is 0 Å². The van der Waals surface area contributed by atoms with Gasteiger partial charge in [0.1, 0.15) is 12.8 Å². The molecule has 0 saturated carbocycles. The van der Waals surface area contributed by atoms with Crippen molar-refractivity contribution in [2.75, 3.05) is 12.4 Å². The number of hydrogen-bond donors (Lipinski definition) is 1. The molecule has 0 bridgehead atoms. The van der Waals surface area contributed by atoms with Crippen LogP contribution in [0, 0.1) is 0 Å². The maximum Gasteiger partial charge on any atom is 0.273 e. The van der Waals surface area contributed by atoms with Gasteiger partial charge in [0.05, 0.1) is 0 Å². The van der Waals surface area contributed by atoms with Gasteiger partial charge in [0, 0.05) is 5.69 Å². The molecule has 0 unspecified atom stereocenters. The summed E-state index contributed by atoms with van der Waals surface area (Å²) in [5, 5.41) is 6.20. The lowest BCUT2D eigenvalue weighted by atomic mass is 10.3. The van der Waals surface area contributed by atoms with Crippen LogP contribution < -0.4 is 5.32 Å². The van der Waals surface area contributed by atoms with Gasteiger partial charge in [-0.3, -0.25) is 4.79 Å². The number of oxime groups is 1. The van der Waals surface area contributed by atoms with Crippen LogP contribution in [0.4, 0.5) is 5.69 Å². The zero-order valence-corrected chi connectivity index (χ0v) is 8.15. The lowest BCUT2D eigenvalue weighted by Gasteiger charge is -2.03. The van der Waals surface area contributed by atoms with E-state index in [1.54, 1.807) is 19.1 Å². The molecule has 0 aliphatic heterocycles. The average molecular weight is 192 g/mol. The summed E-state index contributed by atoms with van der Waals surface area (Å²) in [6.07, 6.45) is 0. The molecule has 0 spiro atoms. The smallest absolute Gasteiger partial charge is 0.273 e. The molecule has 0 aromatic heterocycles. The number of anilines is 1. The number of nitrogens with one attached hydrogen (secondary N) is 1. The van der Waals surface area contributed by atoms with Gasteiger partial charge in [0.2, 0.25) is 0 Å². The summed E-state index contributed by atoms with van der Waals surface area (Å²) in [7, 11) is 1.40. The number of amides is 1. The molecule has 1 aromatic rings. The fourth-order valence-electron chi connectivity index (χ4n) is 0.921. The summed E-state index contributed by atoms with van der Waals surface area (Å²) in [4.78, 5) is 15.9. The Morgan fingerprint density at radius 2 is 2.00 bits per heavy atom. The Labute approximate surface area is 82.6 Å². The molecule has 4 nitrogen and oxygen atoms in total. The van der Waals surface area contributed by atoms with Gasteiger partial charge in [0.25, 0.3) is 5.91 Å². The highest BCUT2D eigenvalue weighted by molar-refractivity contribution is 6.42. The minimum absolute atomic E-state index is 0.266. The second kappa shape index (κ2) is 5.01. The van der Waals surface area contributed by atoms with E-state index in [2.05, 4.69) is 15.3 Å². The van der Waals surface area contributed by atoms with Crippen LogP contribution in [0.5, 0.6) is 0 Å². The lowest BCUT2D eigenvalue weighted by molar-refractivity contribution is -0.110. The zero-order chi connectivity index (χ0) is 10.4. The van der Waals surface area contributed by atoms with Crippen LogP contribution in [0.3, 0.4) is 0 Å².